The molecule has 1 heterocycles. The Morgan fingerprint density at radius 3 is 2.71 bits per heavy atom. The van der Waals surface area contributed by atoms with Gasteiger partial charge in [-0.2, -0.15) is 0 Å². The SMILES string of the molecule is CCCC1CNC(CC(C)C)CN1CCOCCCOC. The molecule has 126 valence electrons. The summed E-state index contributed by atoms with van der Waals surface area (Å²) in [5.74, 6) is 0.761. The summed E-state index contributed by atoms with van der Waals surface area (Å²) in [6.07, 6.45) is 4.80. The van der Waals surface area contributed by atoms with Gasteiger partial charge in [-0.25, -0.2) is 0 Å². The van der Waals surface area contributed by atoms with E-state index in [2.05, 4.69) is 31.0 Å². The second-order valence-corrected chi connectivity index (χ2v) is 6.63. The minimum atomic E-state index is 0.645. The van der Waals surface area contributed by atoms with Crippen LogP contribution in [0.5, 0.6) is 0 Å². The van der Waals surface area contributed by atoms with E-state index in [0.717, 1.165) is 45.2 Å². The van der Waals surface area contributed by atoms with Crippen LogP contribution >= 0.6 is 0 Å². The number of nitrogens with zero attached hydrogens (tertiary/aromatic N) is 1. The van der Waals surface area contributed by atoms with Crippen molar-refractivity contribution in [1.29, 1.82) is 0 Å². The molecule has 1 N–H and O–H groups in total. The summed E-state index contributed by atoms with van der Waals surface area (Å²) in [5.41, 5.74) is 0. The molecular formula is C17H36N2O2. The van der Waals surface area contributed by atoms with Gasteiger partial charge in [0.15, 0.2) is 0 Å². The minimum Gasteiger partial charge on any atom is -0.385 e. The summed E-state index contributed by atoms with van der Waals surface area (Å²) in [7, 11) is 1.74. The van der Waals surface area contributed by atoms with E-state index in [1.54, 1.807) is 7.11 Å². The number of hydrogen-bond acceptors (Lipinski definition) is 4. The van der Waals surface area contributed by atoms with Crippen molar-refractivity contribution in [2.24, 2.45) is 5.92 Å². The molecule has 21 heavy (non-hydrogen) atoms. The van der Waals surface area contributed by atoms with Gasteiger partial charge in [0.25, 0.3) is 0 Å². The third-order valence-electron chi connectivity index (χ3n) is 4.15. The molecule has 1 rings (SSSR count). The normalized spacial score (nSPS) is 23.9. The summed E-state index contributed by atoms with van der Waals surface area (Å²) in [5, 5.41) is 3.73. The highest BCUT2D eigenvalue weighted by Gasteiger charge is 2.27. The third-order valence-corrected chi connectivity index (χ3v) is 4.15. The van der Waals surface area contributed by atoms with Crippen LogP contribution in [0.15, 0.2) is 0 Å². The zero-order chi connectivity index (χ0) is 15.5. The highest BCUT2D eigenvalue weighted by molar-refractivity contribution is 4.86. The fraction of sp³-hybridized carbons (Fsp3) is 1.00. The van der Waals surface area contributed by atoms with Gasteiger partial charge in [0, 0.05) is 52.0 Å². The monoisotopic (exact) mass is 300 g/mol. The molecule has 0 bridgehead atoms. The van der Waals surface area contributed by atoms with Crippen molar-refractivity contribution < 1.29 is 9.47 Å². The van der Waals surface area contributed by atoms with Gasteiger partial charge in [-0.1, -0.05) is 27.2 Å². The van der Waals surface area contributed by atoms with E-state index in [1.807, 2.05) is 0 Å². The molecular weight excluding hydrogens is 264 g/mol. The topological polar surface area (TPSA) is 33.7 Å². The van der Waals surface area contributed by atoms with Gasteiger partial charge in [0.1, 0.15) is 0 Å². The zero-order valence-electron chi connectivity index (χ0n) is 14.6. The van der Waals surface area contributed by atoms with Crippen molar-refractivity contribution in [3.63, 3.8) is 0 Å². The van der Waals surface area contributed by atoms with Gasteiger partial charge in [-0.05, 0) is 25.2 Å². The molecule has 0 spiro atoms. The van der Waals surface area contributed by atoms with E-state index in [0.29, 0.717) is 12.1 Å². The van der Waals surface area contributed by atoms with E-state index >= 15 is 0 Å². The highest BCUT2D eigenvalue weighted by Crippen LogP contribution is 2.16. The van der Waals surface area contributed by atoms with Gasteiger partial charge < -0.3 is 14.8 Å². The Morgan fingerprint density at radius 1 is 1.24 bits per heavy atom. The van der Waals surface area contributed by atoms with Crippen molar-refractivity contribution in [2.75, 3.05) is 46.6 Å². The van der Waals surface area contributed by atoms with Crippen LogP contribution in [0.25, 0.3) is 0 Å². The standard InChI is InChI=1S/C17H36N2O2/c1-5-7-17-13-18-16(12-15(2)3)14-19(17)8-11-21-10-6-9-20-4/h15-18H,5-14H2,1-4H3. The van der Waals surface area contributed by atoms with Crippen LogP contribution in [0, 0.1) is 5.92 Å². The Bertz CT molecular complexity index is 249. The Hall–Kier alpha value is -0.160. The summed E-state index contributed by atoms with van der Waals surface area (Å²) in [6.45, 7) is 12.7. The summed E-state index contributed by atoms with van der Waals surface area (Å²) >= 11 is 0. The van der Waals surface area contributed by atoms with Crippen LogP contribution in [0.1, 0.15) is 46.5 Å². The van der Waals surface area contributed by atoms with Crippen molar-refractivity contribution >= 4 is 0 Å². The molecule has 1 aliphatic heterocycles. The van der Waals surface area contributed by atoms with E-state index in [9.17, 15) is 0 Å². The smallest absolute Gasteiger partial charge is 0.0593 e. The van der Waals surface area contributed by atoms with E-state index in [-0.39, 0.29) is 0 Å². The van der Waals surface area contributed by atoms with Crippen molar-refractivity contribution in [2.45, 2.75) is 58.5 Å². The molecule has 1 fully saturated rings. The fourth-order valence-electron chi connectivity index (χ4n) is 3.14. The lowest BCUT2D eigenvalue weighted by atomic mass is 9.98. The lowest BCUT2D eigenvalue weighted by Gasteiger charge is -2.41. The summed E-state index contributed by atoms with van der Waals surface area (Å²) in [6, 6.07) is 1.33. The Labute approximate surface area is 131 Å². The Morgan fingerprint density at radius 2 is 2.05 bits per heavy atom. The second kappa shape index (κ2) is 11.4. The number of ether oxygens (including phenoxy) is 2. The van der Waals surface area contributed by atoms with Crippen LogP contribution in [0.3, 0.4) is 0 Å². The predicted molar refractivity (Wildman–Crippen MR) is 88.8 cm³/mol. The number of piperazine rings is 1. The zero-order valence-corrected chi connectivity index (χ0v) is 14.6. The molecule has 1 aliphatic rings. The van der Waals surface area contributed by atoms with Crippen LogP contribution in [-0.4, -0.2) is 63.5 Å². The van der Waals surface area contributed by atoms with Crippen molar-refractivity contribution in [1.82, 2.24) is 10.2 Å². The molecule has 1 saturated heterocycles. The van der Waals surface area contributed by atoms with E-state index in [4.69, 9.17) is 9.47 Å². The van der Waals surface area contributed by atoms with Crippen LogP contribution in [0.2, 0.25) is 0 Å². The molecule has 0 saturated carbocycles. The first kappa shape index (κ1) is 18.9. The average Bonchev–Trinajstić information content (AvgIpc) is 2.44. The molecule has 0 radical (unpaired) electrons. The Kier molecular flexibility index (Phi) is 10.3. The molecule has 0 aromatic heterocycles. The lowest BCUT2D eigenvalue weighted by molar-refractivity contribution is 0.0517. The fourth-order valence-corrected chi connectivity index (χ4v) is 3.14. The van der Waals surface area contributed by atoms with Gasteiger partial charge in [0.2, 0.25) is 0 Å². The van der Waals surface area contributed by atoms with Gasteiger partial charge >= 0.3 is 0 Å². The molecule has 0 aromatic carbocycles. The van der Waals surface area contributed by atoms with Crippen LogP contribution < -0.4 is 5.32 Å². The van der Waals surface area contributed by atoms with Crippen LogP contribution in [-0.2, 0) is 9.47 Å². The Balaban J connectivity index is 2.29. The second-order valence-electron chi connectivity index (χ2n) is 6.63. The average molecular weight is 300 g/mol. The third kappa shape index (κ3) is 8.15. The van der Waals surface area contributed by atoms with E-state index < -0.39 is 0 Å². The summed E-state index contributed by atoms with van der Waals surface area (Å²) in [4.78, 5) is 2.64. The van der Waals surface area contributed by atoms with E-state index in [1.165, 1.54) is 25.8 Å². The van der Waals surface area contributed by atoms with Crippen molar-refractivity contribution in [3.8, 4) is 0 Å². The highest BCUT2D eigenvalue weighted by atomic mass is 16.5. The molecule has 4 nitrogen and oxygen atoms in total. The van der Waals surface area contributed by atoms with Gasteiger partial charge in [-0.15, -0.1) is 0 Å². The molecule has 2 atom stereocenters. The first-order valence-electron chi connectivity index (χ1n) is 8.71. The van der Waals surface area contributed by atoms with Gasteiger partial charge in [0.05, 0.1) is 6.61 Å². The molecule has 2 unspecified atom stereocenters. The minimum absolute atomic E-state index is 0.645. The number of methoxy groups -OCH3 is 1. The first-order valence-corrected chi connectivity index (χ1v) is 8.71. The number of rotatable bonds is 11. The summed E-state index contributed by atoms with van der Waals surface area (Å²) < 4.78 is 10.8. The largest absolute Gasteiger partial charge is 0.385 e. The number of hydrogen-bond donors (Lipinski definition) is 1. The molecule has 0 amide bonds. The maximum Gasteiger partial charge on any atom is 0.0593 e. The van der Waals surface area contributed by atoms with Crippen LogP contribution in [0.4, 0.5) is 0 Å². The predicted octanol–water partition coefficient (Wildman–Crippen LogP) is 2.53. The first-order chi connectivity index (χ1) is 10.2. The van der Waals surface area contributed by atoms with Gasteiger partial charge in [-0.3, -0.25) is 4.90 Å². The molecule has 4 heteroatoms. The maximum absolute atomic E-state index is 5.74. The number of nitrogens with one attached hydrogen (secondary N) is 1. The van der Waals surface area contributed by atoms with Crippen molar-refractivity contribution in [3.05, 3.63) is 0 Å². The maximum atomic E-state index is 5.74. The lowest BCUT2D eigenvalue weighted by Crippen LogP contribution is -2.57. The quantitative estimate of drug-likeness (QED) is 0.595. The molecule has 0 aliphatic carbocycles. The molecule has 0 aromatic rings.